The van der Waals surface area contributed by atoms with Gasteiger partial charge in [-0.25, -0.2) is 9.59 Å². The average Bonchev–Trinajstić information content (AvgIpc) is 3.32. The lowest BCUT2D eigenvalue weighted by atomic mass is 9.90. The molecule has 0 radical (unpaired) electrons. The summed E-state index contributed by atoms with van der Waals surface area (Å²) < 4.78 is 0. The Labute approximate surface area is 378 Å². The van der Waals surface area contributed by atoms with Crippen LogP contribution in [0.4, 0.5) is 21.0 Å². The predicted octanol–water partition coefficient (Wildman–Crippen LogP) is 4.28. The Morgan fingerprint density at radius 1 is 0.453 bits per heavy atom. The molecule has 2 fully saturated rings. The van der Waals surface area contributed by atoms with E-state index in [9.17, 15) is 29.4 Å². The number of rotatable bonds is 17. The molecule has 6 N–H and O–H groups in total. The number of piperazine rings is 2. The van der Waals surface area contributed by atoms with Crippen molar-refractivity contribution in [2.24, 2.45) is 11.8 Å². The standard InChI is InChI=1S/C50H66N8O6/c1-35(2)43(53-49(63)57-29-25-55(26-30-57)39-21-13-7-14-22-39)47(61)51-41(33-37-17-9-5-10-18-37)45(59)46(60)42(34-38-19-11-6-12-20-38)52-48(62)44(36(3)4)54-50(64)58-31-27-56(28-32-58)40-23-15-8-16-24-40/h5-24,35-36,41-46,59-60H,25-34H2,1-4H3,(H,51,61)(H,52,62)(H,53,63)(H,54,64)/t41-,42-,43?,44?,45+,46+/m0/s1. The number of aliphatic hydroxyl groups excluding tert-OH is 2. The van der Waals surface area contributed by atoms with Gasteiger partial charge in [0.25, 0.3) is 0 Å². The lowest BCUT2D eigenvalue weighted by Gasteiger charge is -2.38. The largest absolute Gasteiger partial charge is 0.388 e. The molecule has 6 rings (SSSR count). The first-order valence-electron chi connectivity index (χ1n) is 22.6. The third-order valence-corrected chi connectivity index (χ3v) is 12.3. The van der Waals surface area contributed by atoms with Gasteiger partial charge >= 0.3 is 12.1 Å². The molecule has 2 heterocycles. The summed E-state index contributed by atoms with van der Waals surface area (Å²) in [5, 5.41) is 36.2. The minimum absolute atomic E-state index is 0.152. The van der Waals surface area contributed by atoms with Gasteiger partial charge in [-0.1, -0.05) is 125 Å². The lowest BCUT2D eigenvalue weighted by molar-refractivity contribution is -0.129. The van der Waals surface area contributed by atoms with Gasteiger partial charge in [-0.15, -0.1) is 0 Å². The van der Waals surface area contributed by atoms with Gasteiger partial charge in [0.05, 0.1) is 12.1 Å². The van der Waals surface area contributed by atoms with E-state index >= 15 is 0 Å². The number of para-hydroxylation sites is 2. The quantitative estimate of drug-likeness (QED) is 0.0915. The summed E-state index contributed by atoms with van der Waals surface area (Å²) in [4.78, 5) is 63.6. The van der Waals surface area contributed by atoms with E-state index in [4.69, 9.17) is 0 Å². The van der Waals surface area contributed by atoms with Crippen LogP contribution in [-0.2, 0) is 22.4 Å². The van der Waals surface area contributed by atoms with Crippen LogP contribution in [0, 0.1) is 11.8 Å². The minimum atomic E-state index is -1.57. The highest BCUT2D eigenvalue weighted by atomic mass is 16.3. The molecule has 0 saturated carbocycles. The molecule has 4 aromatic carbocycles. The van der Waals surface area contributed by atoms with E-state index in [0.29, 0.717) is 52.4 Å². The van der Waals surface area contributed by atoms with E-state index in [1.165, 1.54) is 0 Å². The van der Waals surface area contributed by atoms with Crippen LogP contribution < -0.4 is 31.1 Å². The van der Waals surface area contributed by atoms with Crippen LogP contribution in [-0.4, -0.2) is 133 Å². The molecule has 6 amide bonds. The number of carbonyl (C=O) groups is 4. The van der Waals surface area contributed by atoms with E-state index in [2.05, 4.69) is 31.1 Å². The monoisotopic (exact) mass is 875 g/mol. The SMILES string of the molecule is CC(C)C(NC(=O)N1CCN(c2ccccc2)CC1)C(=O)N[C@@H](Cc1ccccc1)[C@@H](O)[C@H](O)[C@H](Cc1ccccc1)NC(=O)C(NC(=O)N1CCN(c2ccccc2)CC1)C(C)C. The second kappa shape index (κ2) is 23.0. The smallest absolute Gasteiger partial charge is 0.318 e. The number of anilines is 2. The fourth-order valence-electron chi connectivity index (χ4n) is 8.40. The van der Waals surface area contributed by atoms with Crippen molar-refractivity contribution in [3.05, 3.63) is 132 Å². The maximum absolute atomic E-state index is 14.2. The van der Waals surface area contributed by atoms with Crippen LogP contribution in [0.15, 0.2) is 121 Å². The second-order valence-corrected chi connectivity index (χ2v) is 17.6. The topological polar surface area (TPSA) is 170 Å². The van der Waals surface area contributed by atoms with Crippen LogP contribution in [0.1, 0.15) is 38.8 Å². The Kier molecular flexibility index (Phi) is 17.0. The number of amides is 6. The highest BCUT2D eigenvalue weighted by Gasteiger charge is 2.38. The summed E-state index contributed by atoms with van der Waals surface area (Å²) in [7, 11) is 0. The molecule has 2 unspecified atom stereocenters. The van der Waals surface area contributed by atoms with Crippen LogP contribution in [0.5, 0.6) is 0 Å². The van der Waals surface area contributed by atoms with E-state index in [0.717, 1.165) is 22.5 Å². The number of benzene rings is 4. The molecule has 0 spiro atoms. The molecule has 0 bridgehead atoms. The van der Waals surface area contributed by atoms with E-state index < -0.39 is 48.2 Å². The third kappa shape index (κ3) is 13.0. The maximum Gasteiger partial charge on any atom is 0.318 e. The maximum atomic E-state index is 14.2. The van der Waals surface area contributed by atoms with Gasteiger partial charge in [0.2, 0.25) is 11.8 Å². The number of hydrogen-bond donors (Lipinski definition) is 6. The molecule has 0 aromatic heterocycles. The third-order valence-electron chi connectivity index (χ3n) is 12.3. The molecule has 64 heavy (non-hydrogen) atoms. The summed E-state index contributed by atoms with van der Waals surface area (Å²) in [5.74, 6) is -1.63. The van der Waals surface area contributed by atoms with Gasteiger partial charge in [-0.05, 0) is 60.1 Å². The van der Waals surface area contributed by atoms with Crippen molar-refractivity contribution in [1.82, 2.24) is 31.1 Å². The molecule has 342 valence electrons. The number of nitrogens with one attached hydrogen (secondary N) is 4. The van der Waals surface area contributed by atoms with Crippen molar-refractivity contribution >= 4 is 35.3 Å². The summed E-state index contributed by atoms with van der Waals surface area (Å²) in [6.07, 6.45) is -2.83. The molecule has 2 saturated heterocycles. The van der Waals surface area contributed by atoms with Gasteiger partial charge in [0.15, 0.2) is 0 Å². The van der Waals surface area contributed by atoms with Gasteiger partial charge < -0.3 is 51.1 Å². The van der Waals surface area contributed by atoms with Gasteiger partial charge in [-0.2, -0.15) is 0 Å². The fraction of sp³-hybridized carbons (Fsp3) is 0.440. The summed E-state index contributed by atoms with van der Waals surface area (Å²) in [6, 6.07) is 34.1. The Hall–Kier alpha value is -6.12. The van der Waals surface area contributed by atoms with Crippen molar-refractivity contribution in [3.8, 4) is 0 Å². The summed E-state index contributed by atoms with van der Waals surface area (Å²) in [5.41, 5.74) is 3.79. The first-order valence-corrected chi connectivity index (χ1v) is 22.6. The van der Waals surface area contributed by atoms with Crippen molar-refractivity contribution in [2.45, 2.75) is 76.9 Å². The Balaban J connectivity index is 1.15. The highest BCUT2D eigenvalue weighted by molar-refractivity contribution is 5.88. The van der Waals surface area contributed by atoms with E-state index in [1.54, 1.807) is 9.80 Å². The molecule has 0 aliphatic carbocycles. The molecular weight excluding hydrogens is 809 g/mol. The second-order valence-electron chi connectivity index (χ2n) is 17.6. The zero-order chi connectivity index (χ0) is 45.6. The number of nitrogens with zero attached hydrogens (tertiary/aromatic N) is 4. The van der Waals surface area contributed by atoms with Gasteiger partial charge in [-0.3, -0.25) is 9.59 Å². The fourth-order valence-corrected chi connectivity index (χ4v) is 8.40. The van der Waals surface area contributed by atoms with Crippen LogP contribution in [0.2, 0.25) is 0 Å². The molecular formula is C50H66N8O6. The molecule has 6 atom stereocenters. The Morgan fingerprint density at radius 2 is 0.750 bits per heavy atom. The van der Waals surface area contributed by atoms with E-state index in [-0.39, 0.29) is 36.7 Å². The zero-order valence-corrected chi connectivity index (χ0v) is 37.6. The van der Waals surface area contributed by atoms with Crippen molar-refractivity contribution < 1.29 is 29.4 Å². The minimum Gasteiger partial charge on any atom is -0.388 e. The summed E-state index contributed by atoms with van der Waals surface area (Å²) >= 11 is 0. The van der Waals surface area contributed by atoms with Crippen molar-refractivity contribution in [2.75, 3.05) is 62.2 Å². The zero-order valence-electron chi connectivity index (χ0n) is 37.6. The van der Waals surface area contributed by atoms with Crippen LogP contribution in [0.3, 0.4) is 0 Å². The number of urea groups is 2. The average molecular weight is 875 g/mol. The number of hydrogen-bond acceptors (Lipinski definition) is 8. The van der Waals surface area contributed by atoms with Crippen LogP contribution >= 0.6 is 0 Å². The summed E-state index contributed by atoms with van der Waals surface area (Å²) in [6.45, 7) is 11.9. The Morgan fingerprint density at radius 3 is 1.05 bits per heavy atom. The molecule has 4 aromatic rings. The highest BCUT2D eigenvalue weighted by Crippen LogP contribution is 2.20. The predicted molar refractivity (Wildman–Crippen MR) is 251 cm³/mol. The number of aliphatic hydroxyl groups is 2. The van der Waals surface area contributed by atoms with Crippen molar-refractivity contribution in [1.29, 1.82) is 0 Å². The molecule has 14 nitrogen and oxygen atoms in total. The normalized spacial score (nSPS) is 17.2. The molecule has 2 aliphatic heterocycles. The van der Waals surface area contributed by atoms with Gasteiger partial charge in [0.1, 0.15) is 24.3 Å². The van der Waals surface area contributed by atoms with E-state index in [1.807, 2.05) is 149 Å². The lowest BCUT2D eigenvalue weighted by Crippen LogP contribution is -2.63. The van der Waals surface area contributed by atoms with Crippen molar-refractivity contribution in [3.63, 3.8) is 0 Å². The number of carbonyl (C=O) groups excluding carboxylic acids is 4. The molecule has 14 heteroatoms. The molecule has 2 aliphatic rings. The first-order chi connectivity index (χ1) is 30.9. The Bertz CT molecular complexity index is 1910. The van der Waals surface area contributed by atoms with Crippen LogP contribution in [0.25, 0.3) is 0 Å². The van der Waals surface area contributed by atoms with Gasteiger partial charge in [0, 0.05) is 63.7 Å². The first kappa shape index (κ1) is 47.4.